The van der Waals surface area contributed by atoms with Gasteiger partial charge in [0, 0.05) is 29.9 Å². The number of methoxy groups -OCH3 is 2. The molecule has 0 spiro atoms. The highest BCUT2D eigenvalue weighted by molar-refractivity contribution is 7.85. The number of nitrogens with one attached hydrogen (secondary N) is 2. The Morgan fingerprint density at radius 1 is 0.635 bits per heavy atom. The first kappa shape index (κ1) is 54.4. The molecule has 0 radical (unpaired) electrons. The van der Waals surface area contributed by atoms with Gasteiger partial charge >= 0.3 is 23.9 Å². The van der Waals surface area contributed by atoms with Gasteiger partial charge in [0.05, 0.1) is 70.5 Å². The van der Waals surface area contributed by atoms with E-state index in [1.807, 2.05) is 0 Å². The molecule has 392 valence electrons. The third-order valence-corrected chi connectivity index (χ3v) is 13.2. The molecule has 3 N–H and O–H groups in total. The van der Waals surface area contributed by atoms with Crippen molar-refractivity contribution in [1.82, 2.24) is 30.2 Å². The summed E-state index contributed by atoms with van der Waals surface area (Å²) in [5, 5.41) is 17.6. The molecule has 0 aliphatic heterocycles. The molecule has 27 heteroatoms. The molecule has 0 saturated carbocycles. The van der Waals surface area contributed by atoms with Gasteiger partial charge in [0.1, 0.15) is 46.2 Å². The van der Waals surface area contributed by atoms with Gasteiger partial charge in [-0.1, -0.05) is 34.6 Å². The van der Waals surface area contributed by atoms with E-state index in [1.54, 1.807) is 36.4 Å². The number of aromatic amines is 2. The Morgan fingerprint density at radius 2 is 1.05 bits per heavy atom. The fourth-order valence-corrected chi connectivity index (χ4v) is 9.31. The monoisotopic (exact) mass is 1090 g/mol. The molecule has 4 aromatic carbocycles. The van der Waals surface area contributed by atoms with Gasteiger partial charge < -0.3 is 24.1 Å². The van der Waals surface area contributed by atoms with E-state index in [9.17, 15) is 49.5 Å². The van der Waals surface area contributed by atoms with Crippen LogP contribution in [-0.2, 0) is 52.7 Å². The van der Waals surface area contributed by atoms with Gasteiger partial charge in [0.25, 0.3) is 10.1 Å². The molecule has 8 rings (SSSR count). The summed E-state index contributed by atoms with van der Waals surface area (Å²) >= 11 is 2.57. The Bertz CT molecular complexity index is 3390. The summed E-state index contributed by atoms with van der Waals surface area (Å²) in [5.41, 5.74) is 1.87. The highest BCUT2D eigenvalue weighted by Gasteiger charge is 2.31. The van der Waals surface area contributed by atoms with Crippen LogP contribution in [-0.4, -0.2) is 77.5 Å². The van der Waals surface area contributed by atoms with Gasteiger partial charge in [0.15, 0.2) is 11.6 Å². The molecule has 74 heavy (non-hydrogen) atoms. The smallest absolute Gasteiger partial charge is 0.439 e. The molecule has 0 bridgehead atoms. The van der Waals surface area contributed by atoms with Crippen LogP contribution in [0.2, 0.25) is 0 Å². The maximum Gasteiger partial charge on any atom is 0.439 e. The fourth-order valence-electron chi connectivity index (χ4n) is 6.83. The van der Waals surface area contributed by atoms with E-state index in [1.165, 1.54) is 61.2 Å². The van der Waals surface area contributed by atoms with Crippen molar-refractivity contribution in [2.75, 3.05) is 33.7 Å². The highest BCUT2D eigenvalue weighted by atomic mass is 32.2. The van der Waals surface area contributed by atoms with Crippen LogP contribution in [0.3, 0.4) is 0 Å². The van der Waals surface area contributed by atoms with Crippen molar-refractivity contribution in [2.24, 2.45) is 0 Å². The zero-order chi connectivity index (χ0) is 53.2. The maximum absolute atomic E-state index is 13.0. The summed E-state index contributed by atoms with van der Waals surface area (Å²) < 4.78 is 137. The first-order chi connectivity index (χ1) is 35.2. The van der Waals surface area contributed by atoms with Crippen LogP contribution in [0.5, 0.6) is 23.0 Å². The average Bonchev–Trinajstić information content (AvgIpc) is 4.20. The zero-order valence-corrected chi connectivity index (χ0v) is 41.4. The number of aryl methyl sites for hydroxylation is 2. The summed E-state index contributed by atoms with van der Waals surface area (Å²) in [6, 6.07) is 19.3. The van der Waals surface area contributed by atoms with Gasteiger partial charge in [-0.05, 0) is 74.2 Å². The van der Waals surface area contributed by atoms with Crippen molar-refractivity contribution in [3.05, 3.63) is 138 Å². The molecular formula is C47H42F6N6O12S3. The van der Waals surface area contributed by atoms with E-state index >= 15 is 0 Å². The van der Waals surface area contributed by atoms with Crippen LogP contribution in [0.4, 0.5) is 26.3 Å². The van der Waals surface area contributed by atoms with E-state index in [4.69, 9.17) is 23.1 Å². The predicted octanol–water partition coefficient (Wildman–Crippen LogP) is 9.35. The number of aromatic nitrogens is 6. The summed E-state index contributed by atoms with van der Waals surface area (Å²) in [7, 11) is -0.687. The maximum atomic E-state index is 13.0. The summed E-state index contributed by atoms with van der Waals surface area (Å²) in [6.45, 7) is 0.164. The lowest BCUT2D eigenvalue weighted by Crippen LogP contribution is -2.06. The lowest BCUT2D eigenvalue weighted by Gasteiger charge is -2.10. The number of H-pyrrole nitrogens is 2. The predicted molar refractivity (Wildman–Crippen MR) is 257 cm³/mol. The SMILES string of the molecule is COc1cc(OCc2sc(-c3ccc(C(F)(F)F)cc3)nc2CCCO)ccc1-c1noc(=O)[nH]1.COc1cc(OCc2sc(-c3ccc(C(F)(F)F)cc3)nc2CCCOS(C)(=O)=O)ccc1-c1noc(=O)[nH]1. The number of hydrogen-bond donors (Lipinski definition) is 3. The van der Waals surface area contributed by atoms with E-state index in [-0.39, 0.29) is 38.1 Å². The number of aliphatic hydroxyl groups is 1. The van der Waals surface area contributed by atoms with E-state index in [2.05, 4.69) is 39.3 Å². The lowest BCUT2D eigenvalue weighted by molar-refractivity contribution is -0.138. The topological polar surface area (TPSA) is 244 Å². The number of nitrogens with zero attached hydrogens (tertiary/aromatic N) is 4. The van der Waals surface area contributed by atoms with E-state index in [0.29, 0.717) is 97.2 Å². The second-order valence-corrected chi connectivity index (χ2v) is 19.4. The molecule has 0 fully saturated rings. The minimum absolute atomic E-state index is 0.0176. The van der Waals surface area contributed by atoms with Crippen molar-refractivity contribution >= 4 is 32.8 Å². The Labute approximate surface area is 423 Å². The van der Waals surface area contributed by atoms with Gasteiger partial charge in [-0.2, -0.15) is 34.8 Å². The number of halogens is 6. The van der Waals surface area contributed by atoms with Gasteiger partial charge in [-0.25, -0.2) is 19.6 Å². The standard InChI is InChI=1S/C24H22F3N3O7S2.C23H20F3N3O5S/c1-34-19-12-16(9-10-17(19)21-29-23(31)37-30-21)35-13-20-18(4-3-11-36-39(2,32)33)28-22(38-20)14-5-7-15(8-6-14)24(25,26)27;1-32-18-11-15(8-9-16(18)20-28-22(31)34-29-20)33-12-19-17(3-2-10-30)27-21(35-19)13-4-6-14(7-5-13)23(24,25)26/h5-10,12H,3-4,11,13H2,1-2H3,(H,29,30,31);4-9,11,30H,2-3,10,12H2,1H3,(H,28,29,31). The van der Waals surface area contributed by atoms with Crippen molar-refractivity contribution in [3.8, 4) is 66.9 Å². The second-order valence-electron chi connectivity index (χ2n) is 15.6. The third-order valence-electron chi connectivity index (χ3n) is 10.4. The number of ether oxygens (including phenoxy) is 4. The van der Waals surface area contributed by atoms with Crippen LogP contribution in [0.1, 0.15) is 45.1 Å². The van der Waals surface area contributed by atoms with Crippen molar-refractivity contribution < 1.29 is 72.0 Å². The molecule has 0 aliphatic rings. The molecule has 4 heterocycles. The van der Waals surface area contributed by atoms with Crippen LogP contribution in [0.25, 0.3) is 43.9 Å². The van der Waals surface area contributed by atoms with Crippen molar-refractivity contribution in [1.29, 1.82) is 0 Å². The Hall–Kier alpha value is -7.33. The molecule has 0 unspecified atom stereocenters. The van der Waals surface area contributed by atoms with Gasteiger partial charge in [0.2, 0.25) is 0 Å². The van der Waals surface area contributed by atoms with Crippen LogP contribution >= 0.6 is 22.7 Å². The quantitative estimate of drug-likeness (QED) is 0.0366. The van der Waals surface area contributed by atoms with E-state index < -0.39 is 45.1 Å². The number of aliphatic hydroxyl groups excluding tert-OH is 1. The molecule has 0 amide bonds. The molecular weight excluding hydrogens is 1050 g/mol. The number of alkyl halides is 6. The normalized spacial score (nSPS) is 11.8. The largest absolute Gasteiger partial charge is 0.496 e. The number of benzene rings is 4. The molecule has 18 nitrogen and oxygen atoms in total. The molecule has 0 aliphatic carbocycles. The summed E-state index contributed by atoms with van der Waals surface area (Å²) in [6.07, 6.45) is -6.23. The Morgan fingerprint density at radius 3 is 1.41 bits per heavy atom. The highest BCUT2D eigenvalue weighted by Crippen LogP contribution is 2.38. The van der Waals surface area contributed by atoms with Crippen LogP contribution in [0.15, 0.2) is 104 Å². The van der Waals surface area contributed by atoms with Gasteiger partial charge in [-0.3, -0.25) is 23.2 Å². The summed E-state index contributed by atoms with van der Waals surface area (Å²) in [4.78, 5) is 38.1. The summed E-state index contributed by atoms with van der Waals surface area (Å²) in [5.74, 6) is 0.681. The van der Waals surface area contributed by atoms with Crippen molar-refractivity contribution in [3.63, 3.8) is 0 Å². The second kappa shape index (κ2) is 23.7. The van der Waals surface area contributed by atoms with Crippen LogP contribution < -0.4 is 30.5 Å². The van der Waals surface area contributed by atoms with E-state index in [0.717, 1.165) is 35.4 Å². The minimum Gasteiger partial charge on any atom is -0.496 e. The zero-order valence-electron chi connectivity index (χ0n) is 39.0. The van der Waals surface area contributed by atoms with Crippen LogP contribution in [0, 0.1) is 0 Å². The number of thiazole rings is 2. The average molecular weight is 1090 g/mol. The Kier molecular flexibility index (Phi) is 17.4. The van der Waals surface area contributed by atoms with Gasteiger partial charge in [-0.15, -0.1) is 22.7 Å². The minimum atomic E-state index is -4.45. The first-order valence-corrected chi connectivity index (χ1v) is 25.2. The fraction of sp³-hybridized carbons (Fsp3) is 0.277. The number of hydrogen-bond acceptors (Lipinski definition) is 18. The molecule has 0 atom stereocenters. The van der Waals surface area contributed by atoms with Crippen molar-refractivity contribution in [2.45, 2.75) is 51.2 Å². The molecule has 0 saturated heterocycles. The number of rotatable bonds is 20. The lowest BCUT2D eigenvalue weighted by atomic mass is 10.1. The first-order valence-electron chi connectivity index (χ1n) is 21.7. The third kappa shape index (κ3) is 14.5. The Balaban J connectivity index is 0.000000217. The molecule has 8 aromatic rings. The molecule has 4 aromatic heterocycles.